The molecule has 0 aromatic heterocycles. The van der Waals surface area contributed by atoms with Crippen LogP contribution in [-0.2, 0) is 18.9 Å². The maximum absolute atomic E-state index is 13.9. The molecule has 2 saturated heterocycles. The second-order valence-electron chi connectivity index (χ2n) is 14.2. The maximum Gasteiger partial charge on any atom is 0.344 e. The van der Waals surface area contributed by atoms with Gasteiger partial charge in [-0.15, -0.1) is 0 Å². The van der Waals surface area contributed by atoms with E-state index in [1.165, 1.54) is 0 Å². The van der Waals surface area contributed by atoms with Crippen LogP contribution in [0.5, 0.6) is 11.5 Å². The van der Waals surface area contributed by atoms with E-state index in [4.69, 9.17) is 23.7 Å². The standard InChI is InChI=1S/C39H56O7/c1-14-32-25(9)23(7)28(12)38(43-32)45-36(40)30-16-19(3)22(6)34(18-30)42-35-27(11)21(5)20(4)17-31(35)37(41)46-39-29(13)24(8)26(10)33(15-2)44-39/h16-18,23-26,28-29,32-33,38-39H,14-15H2,1-13H3/t23-,24?,25?,26-,28+,29+,32?,33?,38?,39+/m0/s1. The first-order chi connectivity index (χ1) is 21.6. The highest BCUT2D eigenvalue weighted by Gasteiger charge is 2.42. The second-order valence-corrected chi connectivity index (χ2v) is 14.2. The van der Waals surface area contributed by atoms with Gasteiger partial charge in [-0.05, 0) is 117 Å². The van der Waals surface area contributed by atoms with Gasteiger partial charge in [0, 0.05) is 11.8 Å². The Labute approximate surface area is 276 Å². The van der Waals surface area contributed by atoms with Gasteiger partial charge in [0.1, 0.15) is 17.1 Å². The summed E-state index contributed by atoms with van der Waals surface area (Å²) in [7, 11) is 0. The second kappa shape index (κ2) is 14.5. The minimum absolute atomic E-state index is 0.0239. The molecule has 46 heavy (non-hydrogen) atoms. The lowest BCUT2D eigenvalue weighted by Crippen LogP contribution is -2.46. The average molecular weight is 637 g/mol. The first-order valence-electron chi connectivity index (χ1n) is 17.2. The van der Waals surface area contributed by atoms with Crippen molar-refractivity contribution in [3.05, 3.63) is 57.1 Å². The Morgan fingerprint density at radius 2 is 1.09 bits per heavy atom. The van der Waals surface area contributed by atoms with E-state index in [9.17, 15) is 9.59 Å². The number of hydrogen-bond donors (Lipinski definition) is 0. The maximum atomic E-state index is 13.9. The number of hydrogen-bond acceptors (Lipinski definition) is 7. The van der Waals surface area contributed by atoms with Crippen molar-refractivity contribution in [1.82, 2.24) is 0 Å². The van der Waals surface area contributed by atoms with Crippen molar-refractivity contribution in [2.75, 3.05) is 0 Å². The summed E-state index contributed by atoms with van der Waals surface area (Å²) >= 11 is 0. The van der Waals surface area contributed by atoms with E-state index in [1.54, 1.807) is 6.07 Å². The summed E-state index contributed by atoms with van der Waals surface area (Å²) in [4.78, 5) is 27.4. The number of esters is 2. The predicted molar refractivity (Wildman–Crippen MR) is 180 cm³/mol. The predicted octanol–water partition coefficient (Wildman–Crippen LogP) is 9.42. The van der Waals surface area contributed by atoms with E-state index in [2.05, 4.69) is 55.4 Å². The van der Waals surface area contributed by atoms with Crippen LogP contribution in [-0.4, -0.2) is 36.7 Å². The van der Waals surface area contributed by atoms with Crippen LogP contribution in [0.15, 0.2) is 18.2 Å². The Kier molecular flexibility index (Phi) is 11.3. The van der Waals surface area contributed by atoms with Crippen LogP contribution in [0.3, 0.4) is 0 Å². The SMILES string of the molecule is CCC1OC(OC(=O)c2cc(C)c(C)c(Oc3c(C(=O)O[C@H]4OC(CC)[C@@H](C)C(C)[C@H]4C)cc(C)c(C)c3C)c2)[C@H](C)[C@@H](C)C1C. The van der Waals surface area contributed by atoms with Crippen molar-refractivity contribution in [3.8, 4) is 11.5 Å². The molecule has 0 radical (unpaired) electrons. The molecule has 0 spiro atoms. The first kappa shape index (κ1) is 35.9. The van der Waals surface area contributed by atoms with Gasteiger partial charge in [0.15, 0.2) is 0 Å². The van der Waals surface area contributed by atoms with Crippen LogP contribution in [0, 0.1) is 70.1 Å². The number of benzene rings is 2. The topological polar surface area (TPSA) is 80.3 Å². The Bertz CT molecular complexity index is 1430. The average Bonchev–Trinajstić information content (AvgIpc) is 3.03. The van der Waals surface area contributed by atoms with Gasteiger partial charge in [0.2, 0.25) is 12.6 Å². The van der Waals surface area contributed by atoms with Crippen LogP contribution < -0.4 is 4.74 Å². The Hall–Kier alpha value is -2.90. The zero-order valence-electron chi connectivity index (χ0n) is 30.3. The molecule has 0 N–H and O–H groups in total. The summed E-state index contributed by atoms with van der Waals surface area (Å²) in [6.45, 7) is 27.0. The van der Waals surface area contributed by atoms with Crippen molar-refractivity contribution in [2.24, 2.45) is 35.5 Å². The molecule has 0 bridgehead atoms. The Balaban J connectivity index is 1.64. The lowest BCUT2D eigenvalue weighted by molar-refractivity contribution is -0.225. The van der Waals surface area contributed by atoms with Gasteiger partial charge in [-0.25, -0.2) is 9.59 Å². The molecule has 254 valence electrons. The normalized spacial score (nSPS) is 31.3. The molecule has 2 fully saturated rings. The van der Waals surface area contributed by atoms with Crippen LogP contribution in [0.4, 0.5) is 0 Å². The van der Waals surface area contributed by atoms with Crippen LogP contribution in [0.2, 0.25) is 0 Å². The monoisotopic (exact) mass is 636 g/mol. The van der Waals surface area contributed by atoms with Gasteiger partial charge < -0.3 is 23.7 Å². The lowest BCUT2D eigenvalue weighted by atomic mass is 9.78. The smallest absolute Gasteiger partial charge is 0.344 e. The molecular formula is C39H56O7. The molecule has 7 heteroatoms. The first-order valence-corrected chi connectivity index (χ1v) is 17.2. The molecule has 5 unspecified atom stereocenters. The summed E-state index contributed by atoms with van der Waals surface area (Å²) in [6.07, 6.45) is 0.496. The molecule has 0 amide bonds. The van der Waals surface area contributed by atoms with E-state index < -0.39 is 24.5 Å². The van der Waals surface area contributed by atoms with Crippen molar-refractivity contribution in [2.45, 2.75) is 128 Å². The minimum atomic E-state index is -0.650. The Morgan fingerprint density at radius 1 is 0.609 bits per heavy atom. The van der Waals surface area contributed by atoms with Gasteiger partial charge >= 0.3 is 11.9 Å². The number of carbonyl (C=O) groups excluding carboxylic acids is 2. The van der Waals surface area contributed by atoms with Crippen molar-refractivity contribution >= 4 is 11.9 Å². The largest absolute Gasteiger partial charge is 0.456 e. The Morgan fingerprint density at radius 3 is 1.59 bits per heavy atom. The van der Waals surface area contributed by atoms with Gasteiger partial charge in [-0.3, -0.25) is 0 Å². The lowest BCUT2D eigenvalue weighted by Gasteiger charge is -2.42. The van der Waals surface area contributed by atoms with Crippen molar-refractivity contribution in [1.29, 1.82) is 0 Å². The number of aryl methyl sites for hydroxylation is 2. The van der Waals surface area contributed by atoms with E-state index in [-0.39, 0.29) is 24.0 Å². The summed E-state index contributed by atoms with van der Waals surface area (Å²) in [5.74, 6) is 1.48. The molecule has 7 nitrogen and oxygen atoms in total. The fourth-order valence-corrected chi connectivity index (χ4v) is 7.02. The highest BCUT2D eigenvalue weighted by Crippen LogP contribution is 2.40. The fraction of sp³-hybridized carbons (Fsp3) is 0.641. The van der Waals surface area contributed by atoms with E-state index in [1.807, 2.05) is 46.8 Å². The third kappa shape index (κ3) is 7.01. The molecule has 2 aliphatic heterocycles. The highest BCUT2D eigenvalue weighted by molar-refractivity contribution is 5.94. The summed E-state index contributed by atoms with van der Waals surface area (Å²) in [5, 5.41) is 0. The van der Waals surface area contributed by atoms with Gasteiger partial charge in [0.25, 0.3) is 0 Å². The van der Waals surface area contributed by atoms with Crippen LogP contribution in [0.1, 0.15) is 117 Å². The fourth-order valence-electron chi connectivity index (χ4n) is 7.02. The summed E-state index contributed by atoms with van der Waals surface area (Å²) in [5.41, 5.74) is 5.26. The molecule has 2 aromatic carbocycles. The molecular weight excluding hydrogens is 580 g/mol. The van der Waals surface area contributed by atoms with Crippen LogP contribution in [0.25, 0.3) is 0 Å². The van der Waals surface area contributed by atoms with E-state index in [0.29, 0.717) is 46.3 Å². The van der Waals surface area contributed by atoms with E-state index in [0.717, 1.165) is 40.7 Å². The van der Waals surface area contributed by atoms with Crippen LogP contribution >= 0.6 is 0 Å². The quantitative estimate of drug-likeness (QED) is 0.267. The third-order valence-electron chi connectivity index (χ3n) is 11.6. The number of carbonyl (C=O) groups is 2. The van der Waals surface area contributed by atoms with Gasteiger partial charge in [0.05, 0.1) is 17.8 Å². The molecule has 0 aliphatic carbocycles. The third-order valence-corrected chi connectivity index (χ3v) is 11.6. The molecule has 2 aromatic rings. The zero-order valence-corrected chi connectivity index (χ0v) is 30.3. The zero-order chi connectivity index (χ0) is 34.2. The van der Waals surface area contributed by atoms with Gasteiger partial charge in [-0.2, -0.15) is 0 Å². The van der Waals surface area contributed by atoms with Crippen molar-refractivity contribution < 1.29 is 33.3 Å². The molecule has 0 saturated carbocycles. The summed E-state index contributed by atoms with van der Waals surface area (Å²) in [6, 6.07) is 5.34. The highest BCUT2D eigenvalue weighted by atomic mass is 16.7. The molecule has 2 heterocycles. The number of ether oxygens (including phenoxy) is 5. The van der Waals surface area contributed by atoms with E-state index >= 15 is 0 Å². The minimum Gasteiger partial charge on any atom is -0.456 e. The molecule has 4 rings (SSSR count). The molecule has 2 aliphatic rings. The van der Waals surface area contributed by atoms with Gasteiger partial charge in [-0.1, -0.05) is 55.4 Å². The number of rotatable bonds is 8. The van der Waals surface area contributed by atoms with Crippen molar-refractivity contribution in [3.63, 3.8) is 0 Å². The summed E-state index contributed by atoms with van der Waals surface area (Å²) < 4.78 is 31.2. The molecule has 10 atom stereocenters.